The molecule has 1 aliphatic rings. The highest BCUT2D eigenvalue weighted by Crippen LogP contribution is 2.33. The Bertz CT molecular complexity index is 336. The van der Waals surface area contributed by atoms with Gasteiger partial charge in [-0.2, -0.15) is 0 Å². The molecule has 2 N–H and O–H groups in total. The molecule has 0 bridgehead atoms. The average molecular weight is 193 g/mol. The Kier molecular flexibility index (Phi) is 2.33. The first-order chi connectivity index (χ1) is 6.66. The van der Waals surface area contributed by atoms with Gasteiger partial charge in [-0.05, 0) is 32.0 Å². The van der Waals surface area contributed by atoms with E-state index in [-0.39, 0.29) is 12.1 Å². The van der Waals surface area contributed by atoms with Crippen LogP contribution in [0.2, 0.25) is 0 Å². The molecule has 1 heterocycles. The minimum absolute atomic E-state index is 0.0132. The van der Waals surface area contributed by atoms with Gasteiger partial charge in [-0.25, -0.2) is 0 Å². The summed E-state index contributed by atoms with van der Waals surface area (Å²) in [5.41, 5.74) is 6.91. The number of fused-ring (bicyclic) bond motifs is 1. The average Bonchev–Trinajstić information content (AvgIpc) is 2.47. The fourth-order valence-corrected chi connectivity index (χ4v) is 1.56. The molecule has 0 spiro atoms. The van der Waals surface area contributed by atoms with Crippen LogP contribution in [-0.4, -0.2) is 12.7 Å². The minimum Gasteiger partial charge on any atom is -0.491 e. The van der Waals surface area contributed by atoms with E-state index in [0.717, 1.165) is 17.1 Å². The molecule has 1 atom stereocenters. The molecule has 0 aromatic heterocycles. The van der Waals surface area contributed by atoms with Gasteiger partial charge in [0.1, 0.15) is 18.1 Å². The molecule has 1 aliphatic heterocycles. The maximum Gasteiger partial charge on any atom is 0.124 e. The molecular weight excluding hydrogens is 178 g/mol. The molecule has 3 nitrogen and oxygen atoms in total. The number of hydrogen-bond acceptors (Lipinski definition) is 3. The third-order valence-electron chi connectivity index (χ3n) is 2.17. The number of nitrogens with two attached hydrogens (primary N) is 1. The monoisotopic (exact) mass is 193 g/mol. The molecule has 0 amide bonds. The van der Waals surface area contributed by atoms with Gasteiger partial charge in [0.2, 0.25) is 0 Å². The molecule has 1 aromatic carbocycles. The Balaban J connectivity index is 2.26. The standard InChI is InChI=1S/C11H15NO2/c1-7(2)14-8-3-4-11-9(5-8)10(12)6-13-11/h3-5,7,10H,6,12H2,1-2H3/t10-/m1/s1. The van der Waals surface area contributed by atoms with Crippen molar-refractivity contribution in [2.24, 2.45) is 5.73 Å². The van der Waals surface area contributed by atoms with Crippen LogP contribution >= 0.6 is 0 Å². The van der Waals surface area contributed by atoms with Crippen LogP contribution in [0.4, 0.5) is 0 Å². The topological polar surface area (TPSA) is 44.5 Å². The van der Waals surface area contributed by atoms with Crippen molar-refractivity contribution in [1.29, 1.82) is 0 Å². The zero-order valence-corrected chi connectivity index (χ0v) is 8.49. The van der Waals surface area contributed by atoms with E-state index >= 15 is 0 Å². The fraction of sp³-hybridized carbons (Fsp3) is 0.455. The van der Waals surface area contributed by atoms with Gasteiger partial charge in [0.15, 0.2) is 0 Å². The van der Waals surface area contributed by atoms with E-state index in [1.807, 2.05) is 32.0 Å². The van der Waals surface area contributed by atoms with Crippen LogP contribution in [0.1, 0.15) is 25.5 Å². The van der Waals surface area contributed by atoms with E-state index in [1.165, 1.54) is 0 Å². The van der Waals surface area contributed by atoms with Crippen LogP contribution in [0, 0.1) is 0 Å². The fourth-order valence-electron chi connectivity index (χ4n) is 1.56. The first-order valence-electron chi connectivity index (χ1n) is 4.86. The van der Waals surface area contributed by atoms with Crippen LogP contribution in [0.25, 0.3) is 0 Å². The van der Waals surface area contributed by atoms with E-state index in [2.05, 4.69) is 0 Å². The Labute approximate surface area is 83.8 Å². The summed E-state index contributed by atoms with van der Waals surface area (Å²) in [6.45, 7) is 4.58. The molecule has 14 heavy (non-hydrogen) atoms. The van der Waals surface area contributed by atoms with Gasteiger partial charge in [-0.3, -0.25) is 0 Å². The lowest BCUT2D eigenvalue weighted by Gasteiger charge is -2.10. The smallest absolute Gasteiger partial charge is 0.124 e. The van der Waals surface area contributed by atoms with Gasteiger partial charge >= 0.3 is 0 Å². The van der Waals surface area contributed by atoms with Crippen LogP contribution in [0.3, 0.4) is 0 Å². The normalized spacial score (nSPS) is 19.3. The summed E-state index contributed by atoms with van der Waals surface area (Å²) in [5.74, 6) is 1.74. The van der Waals surface area contributed by atoms with Crippen molar-refractivity contribution < 1.29 is 9.47 Å². The molecular formula is C11H15NO2. The minimum atomic E-state index is -0.0132. The summed E-state index contributed by atoms with van der Waals surface area (Å²) in [7, 11) is 0. The Hall–Kier alpha value is -1.22. The van der Waals surface area contributed by atoms with Gasteiger partial charge in [0.05, 0.1) is 12.1 Å². The quantitative estimate of drug-likeness (QED) is 0.779. The van der Waals surface area contributed by atoms with Crippen LogP contribution < -0.4 is 15.2 Å². The first-order valence-corrected chi connectivity index (χ1v) is 4.86. The van der Waals surface area contributed by atoms with Crippen molar-refractivity contribution in [2.45, 2.75) is 26.0 Å². The van der Waals surface area contributed by atoms with E-state index in [4.69, 9.17) is 15.2 Å². The highest BCUT2D eigenvalue weighted by atomic mass is 16.5. The molecule has 0 radical (unpaired) electrons. The van der Waals surface area contributed by atoms with Crippen LogP contribution in [-0.2, 0) is 0 Å². The SMILES string of the molecule is CC(C)Oc1ccc2c(c1)[C@H](N)CO2. The summed E-state index contributed by atoms with van der Waals surface area (Å²) in [5, 5.41) is 0. The lowest BCUT2D eigenvalue weighted by Crippen LogP contribution is -2.11. The Morgan fingerprint density at radius 2 is 2.29 bits per heavy atom. The van der Waals surface area contributed by atoms with Crippen molar-refractivity contribution >= 4 is 0 Å². The lowest BCUT2D eigenvalue weighted by atomic mass is 10.1. The predicted octanol–water partition coefficient (Wildman–Crippen LogP) is 1.87. The highest BCUT2D eigenvalue weighted by Gasteiger charge is 2.20. The third kappa shape index (κ3) is 1.68. The van der Waals surface area contributed by atoms with Gasteiger partial charge < -0.3 is 15.2 Å². The van der Waals surface area contributed by atoms with E-state index < -0.39 is 0 Å². The van der Waals surface area contributed by atoms with E-state index in [1.54, 1.807) is 0 Å². The van der Waals surface area contributed by atoms with Crippen LogP contribution in [0.5, 0.6) is 11.5 Å². The van der Waals surface area contributed by atoms with Gasteiger partial charge in [0, 0.05) is 5.56 Å². The first kappa shape index (κ1) is 9.34. The molecule has 0 fully saturated rings. The van der Waals surface area contributed by atoms with Gasteiger partial charge in [-0.1, -0.05) is 0 Å². The summed E-state index contributed by atoms with van der Waals surface area (Å²) in [4.78, 5) is 0. The third-order valence-corrected chi connectivity index (χ3v) is 2.17. The second kappa shape index (κ2) is 3.50. The molecule has 2 rings (SSSR count). The van der Waals surface area contributed by atoms with Crippen molar-refractivity contribution in [1.82, 2.24) is 0 Å². The highest BCUT2D eigenvalue weighted by molar-refractivity contribution is 5.44. The molecule has 0 saturated carbocycles. The summed E-state index contributed by atoms with van der Waals surface area (Å²) >= 11 is 0. The predicted molar refractivity (Wildman–Crippen MR) is 54.6 cm³/mol. The van der Waals surface area contributed by atoms with Crippen molar-refractivity contribution in [3.05, 3.63) is 23.8 Å². The van der Waals surface area contributed by atoms with Crippen LogP contribution in [0.15, 0.2) is 18.2 Å². The summed E-state index contributed by atoms with van der Waals surface area (Å²) in [6, 6.07) is 5.78. The Morgan fingerprint density at radius 3 is 3.00 bits per heavy atom. The lowest BCUT2D eigenvalue weighted by molar-refractivity contribution is 0.242. The molecule has 0 aliphatic carbocycles. The Morgan fingerprint density at radius 1 is 1.50 bits per heavy atom. The van der Waals surface area contributed by atoms with E-state index in [9.17, 15) is 0 Å². The zero-order valence-electron chi connectivity index (χ0n) is 8.49. The number of ether oxygens (including phenoxy) is 2. The molecule has 76 valence electrons. The van der Waals surface area contributed by atoms with Gasteiger partial charge in [0.25, 0.3) is 0 Å². The maximum atomic E-state index is 5.87. The zero-order chi connectivity index (χ0) is 10.1. The summed E-state index contributed by atoms with van der Waals surface area (Å²) in [6.07, 6.45) is 0.187. The van der Waals surface area contributed by atoms with Crippen molar-refractivity contribution in [3.63, 3.8) is 0 Å². The molecule has 0 saturated heterocycles. The van der Waals surface area contributed by atoms with Crippen molar-refractivity contribution in [2.75, 3.05) is 6.61 Å². The second-order valence-electron chi connectivity index (χ2n) is 3.78. The van der Waals surface area contributed by atoms with Crippen molar-refractivity contribution in [3.8, 4) is 11.5 Å². The molecule has 0 unspecified atom stereocenters. The largest absolute Gasteiger partial charge is 0.491 e. The number of hydrogen-bond donors (Lipinski definition) is 1. The molecule has 3 heteroatoms. The number of rotatable bonds is 2. The van der Waals surface area contributed by atoms with Gasteiger partial charge in [-0.15, -0.1) is 0 Å². The summed E-state index contributed by atoms with van der Waals surface area (Å²) < 4.78 is 11.0. The number of benzene rings is 1. The van der Waals surface area contributed by atoms with E-state index in [0.29, 0.717) is 6.61 Å². The second-order valence-corrected chi connectivity index (χ2v) is 3.78. The molecule has 1 aromatic rings. The maximum absolute atomic E-state index is 5.87.